The Morgan fingerprint density at radius 1 is 1.55 bits per heavy atom. The molecule has 0 aliphatic carbocycles. The van der Waals surface area contributed by atoms with E-state index in [1.807, 2.05) is 29.2 Å². The number of carbonyl (C=O) groups excluding carboxylic acids is 1. The van der Waals surface area contributed by atoms with E-state index in [1.54, 1.807) is 18.9 Å². The Balaban J connectivity index is 0.00000200. The number of methoxy groups -OCH3 is 1. The van der Waals surface area contributed by atoms with Crippen molar-refractivity contribution in [1.29, 1.82) is 0 Å². The molecule has 1 fully saturated rings. The van der Waals surface area contributed by atoms with E-state index < -0.39 is 0 Å². The maximum Gasteiger partial charge on any atom is 0.232 e. The number of nitrogens with zero attached hydrogens (tertiary/aromatic N) is 1. The number of rotatable bonds is 4. The Hall–Kier alpha value is -0.910. The smallest absolute Gasteiger partial charge is 0.232 e. The van der Waals surface area contributed by atoms with Crippen LogP contribution in [0.1, 0.15) is 12.8 Å². The first-order valence-corrected chi connectivity index (χ1v) is 7.48. The summed E-state index contributed by atoms with van der Waals surface area (Å²) < 4.78 is 5.17. The van der Waals surface area contributed by atoms with Crippen molar-refractivity contribution in [2.75, 3.05) is 26.0 Å². The summed E-state index contributed by atoms with van der Waals surface area (Å²) in [5, 5.41) is 0. The summed E-state index contributed by atoms with van der Waals surface area (Å²) >= 11 is 1.54. The van der Waals surface area contributed by atoms with Gasteiger partial charge in [-0.1, -0.05) is 6.07 Å². The van der Waals surface area contributed by atoms with Gasteiger partial charge in [-0.2, -0.15) is 0 Å². The van der Waals surface area contributed by atoms with Gasteiger partial charge in [0.05, 0.1) is 12.9 Å². The summed E-state index contributed by atoms with van der Waals surface area (Å²) in [6.45, 7) is 1.53. The Labute approximate surface area is 130 Å². The summed E-state index contributed by atoms with van der Waals surface area (Å²) in [6, 6.07) is 7.90. The van der Waals surface area contributed by atoms with Crippen LogP contribution in [-0.2, 0) is 4.79 Å². The van der Waals surface area contributed by atoms with Crippen LogP contribution in [0.4, 0.5) is 0 Å². The highest BCUT2D eigenvalue weighted by molar-refractivity contribution is 8.00. The van der Waals surface area contributed by atoms with Gasteiger partial charge < -0.3 is 15.4 Å². The minimum atomic E-state index is 0. The zero-order chi connectivity index (χ0) is 13.7. The quantitative estimate of drug-likeness (QED) is 0.865. The number of piperidine rings is 1. The highest BCUT2D eigenvalue weighted by Gasteiger charge is 2.20. The minimum absolute atomic E-state index is 0. The lowest BCUT2D eigenvalue weighted by Crippen LogP contribution is -2.46. The normalized spacial score (nSPS) is 18.3. The van der Waals surface area contributed by atoms with Crippen LogP contribution in [0.15, 0.2) is 29.2 Å². The first-order chi connectivity index (χ1) is 9.19. The zero-order valence-corrected chi connectivity index (χ0v) is 13.2. The van der Waals surface area contributed by atoms with E-state index in [-0.39, 0.29) is 24.4 Å². The summed E-state index contributed by atoms with van der Waals surface area (Å²) in [6.07, 6.45) is 2.03. The molecule has 0 saturated carbocycles. The standard InChI is InChI=1S/C14H20N2O2S.ClH/c1-18-12-5-2-6-13(8-12)19-10-14(17)16-7-3-4-11(15)9-16;/h2,5-6,8,11H,3-4,7,9-10,15H2,1H3;1H. The third-order valence-corrected chi connectivity index (χ3v) is 4.19. The molecule has 1 aromatic rings. The molecule has 1 unspecified atom stereocenters. The van der Waals surface area contributed by atoms with Gasteiger partial charge >= 0.3 is 0 Å². The molecule has 1 aromatic carbocycles. The molecule has 1 atom stereocenters. The van der Waals surface area contributed by atoms with E-state index >= 15 is 0 Å². The lowest BCUT2D eigenvalue weighted by Gasteiger charge is -2.30. The maximum absolute atomic E-state index is 12.1. The SMILES string of the molecule is COc1cccc(SCC(=O)N2CCCC(N)C2)c1.Cl. The number of hydrogen-bond donors (Lipinski definition) is 1. The molecule has 2 N–H and O–H groups in total. The van der Waals surface area contributed by atoms with Crippen molar-refractivity contribution < 1.29 is 9.53 Å². The molecule has 112 valence electrons. The number of halogens is 1. The summed E-state index contributed by atoms with van der Waals surface area (Å²) in [4.78, 5) is 15.0. The second-order valence-corrected chi connectivity index (χ2v) is 5.76. The average Bonchev–Trinajstić information content (AvgIpc) is 2.45. The van der Waals surface area contributed by atoms with Gasteiger partial charge in [0.25, 0.3) is 0 Å². The molecule has 4 nitrogen and oxygen atoms in total. The van der Waals surface area contributed by atoms with Crippen LogP contribution in [-0.4, -0.2) is 42.8 Å². The predicted molar refractivity (Wildman–Crippen MR) is 84.8 cm³/mol. The van der Waals surface area contributed by atoms with Gasteiger partial charge in [0.15, 0.2) is 0 Å². The van der Waals surface area contributed by atoms with Gasteiger partial charge in [-0.05, 0) is 31.0 Å². The monoisotopic (exact) mass is 316 g/mol. The van der Waals surface area contributed by atoms with Crippen molar-refractivity contribution in [2.24, 2.45) is 5.73 Å². The van der Waals surface area contributed by atoms with Gasteiger partial charge in [-0.3, -0.25) is 4.79 Å². The molecular formula is C14H21ClN2O2S. The molecule has 20 heavy (non-hydrogen) atoms. The van der Waals surface area contributed by atoms with Crippen LogP contribution in [0, 0.1) is 0 Å². The van der Waals surface area contributed by atoms with Crippen LogP contribution in [0.2, 0.25) is 0 Å². The van der Waals surface area contributed by atoms with E-state index in [0.717, 1.165) is 30.0 Å². The van der Waals surface area contributed by atoms with Crippen LogP contribution >= 0.6 is 24.2 Å². The largest absolute Gasteiger partial charge is 0.497 e. The topological polar surface area (TPSA) is 55.6 Å². The molecule has 0 spiro atoms. The van der Waals surface area contributed by atoms with Gasteiger partial charge in [-0.15, -0.1) is 24.2 Å². The second-order valence-electron chi connectivity index (χ2n) is 4.71. The average molecular weight is 317 g/mol. The Morgan fingerprint density at radius 3 is 3.05 bits per heavy atom. The van der Waals surface area contributed by atoms with Gasteiger partial charge in [0.2, 0.25) is 5.91 Å². The van der Waals surface area contributed by atoms with Crippen LogP contribution in [0.3, 0.4) is 0 Å². The third kappa shape index (κ3) is 4.89. The molecule has 1 heterocycles. The first kappa shape index (κ1) is 17.1. The molecule has 1 aliphatic heterocycles. The number of likely N-dealkylation sites (tertiary alicyclic amines) is 1. The van der Waals surface area contributed by atoms with Crippen LogP contribution in [0.5, 0.6) is 5.75 Å². The van der Waals surface area contributed by atoms with Gasteiger partial charge in [-0.25, -0.2) is 0 Å². The van der Waals surface area contributed by atoms with E-state index in [9.17, 15) is 4.79 Å². The number of amides is 1. The molecule has 0 bridgehead atoms. The molecular weight excluding hydrogens is 296 g/mol. The van der Waals surface area contributed by atoms with Gasteiger partial charge in [0, 0.05) is 24.0 Å². The summed E-state index contributed by atoms with van der Waals surface area (Å²) in [5.74, 6) is 1.44. The van der Waals surface area contributed by atoms with E-state index in [1.165, 1.54) is 0 Å². The molecule has 0 radical (unpaired) electrons. The summed E-state index contributed by atoms with van der Waals surface area (Å²) in [5.41, 5.74) is 5.89. The lowest BCUT2D eigenvalue weighted by atomic mass is 10.1. The number of carbonyl (C=O) groups is 1. The van der Waals surface area contributed by atoms with Crippen LogP contribution < -0.4 is 10.5 Å². The fourth-order valence-electron chi connectivity index (χ4n) is 2.16. The Morgan fingerprint density at radius 2 is 2.35 bits per heavy atom. The van der Waals surface area contributed by atoms with E-state index in [2.05, 4.69) is 0 Å². The zero-order valence-electron chi connectivity index (χ0n) is 11.6. The number of hydrogen-bond acceptors (Lipinski definition) is 4. The van der Waals surface area contributed by atoms with Crippen LogP contribution in [0.25, 0.3) is 0 Å². The third-order valence-electron chi connectivity index (χ3n) is 3.21. The number of nitrogens with two attached hydrogens (primary N) is 1. The fraction of sp³-hybridized carbons (Fsp3) is 0.500. The van der Waals surface area contributed by atoms with Crippen molar-refractivity contribution in [1.82, 2.24) is 4.90 Å². The Kier molecular flexibility index (Phi) is 7.19. The number of ether oxygens (including phenoxy) is 1. The van der Waals surface area contributed by atoms with E-state index in [4.69, 9.17) is 10.5 Å². The molecule has 2 rings (SSSR count). The highest BCUT2D eigenvalue weighted by Crippen LogP contribution is 2.23. The number of thioether (sulfide) groups is 1. The predicted octanol–water partition coefficient (Wildman–Crippen LogP) is 2.16. The molecule has 1 saturated heterocycles. The highest BCUT2D eigenvalue weighted by atomic mass is 35.5. The maximum atomic E-state index is 12.1. The van der Waals surface area contributed by atoms with Crippen molar-refractivity contribution in [3.63, 3.8) is 0 Å². The number of benzene rings is 1. The molecule has 1 amide bonds. The second kappa shape index (κ2) is 8.39. The molecule has 1 aliphatic rings. The van der Waals surface area contributed by atoms with E-state index in [0.29, 0.717) is 12.3 Å². The summed E-state index contributed by atoms with van der Waals surface area (Å²) in [7, 11) is 1.64. The van der Waals surface area contributed by atoms with Crippen molar-refractivity contribution in [3.05, 3.63) is 24.3 Å². The van der Waals surface area contributed by atoms with Crippen molar-refractivity contribution >= 4 is 30.1 Å². The van der Waals surface area contributed by atoms with Crippen molar-refractivity contribution in [3.8, 4) is 5.75 Å². The lowest BCUT2D eigenvalue weighted by molar-refractivity contribution is -0.129. The molecule has 6 heteroatoms. The first-order valence-electron chi connectivity index (χ1n) is 6.49. The van der Waals surface area contributed by atoms with Crippen molar-refractivity contribution in [2.45, 2.75) is 23.8 Å². The molecule has 0 aromatic heterocycles. The fourth-order valence-corrected chi connectivity index (χ4v) is 3.01. The Bertz CT molecular complexity index is 445. The van der Waals surface area contributed by atoms with Gasteiger partial charge in [0.1, 0.15) is 5.75 Å². The minimum Gasteiger partial charge on any atom is -0.497 e.